The normalized spacial score (nSPS) is 11.4. The number of alkyl halides is 3. The fourth-order valence-electron chi connectivity index (χ4n) is 2.23. The van der Waals surface area contributed by atoms with Gasteiger partial charge in [0.05, 0.1) is 15.6 Å². The number of aliphatic carboxylic acids is 1. The highest BCUT2D eigenvalue weighted by Crippen LogP contribution is 2.34. The number of benzene rings is 1. The molecule has 3 aromatic rings. The second-order valence-corrected chi connectivity index (χ2v) is 7.17. The van der Waals surface area contributed by atoms with E-state index in [0.29, 0.717) is 20.5 Å². The van der Waals surface area contributed by atoms with Gasteiger partial charge in [-0.1, -0.05) is 23.7 Å². The number of hydrogen-bond acceptors (Lipinski definition) is 5. The summed E-state index contributed by atoms with van der Waals surface area (Å²) in [6.07, 6.45) is -4.78. The molecule has 0 radical (unpaired) electrons. The van der Waals surface area contributed by atoms with Crippen LogP contribution in [0.25, 0.3) is 10.7 Å². The highest BCUT2D eigenvalue weighted by atomic mass is 35.5. The lowest BCUT2D eigenvalue weighted by Crippen LogP contribution is -2.10. The molecule has 0 atom stereocenters. The molecule has 5 nitrogen and oxygen atoms in total. The van der Waals surface area contributed by atoms with Crippen LogP contribution in [0.1, 0.15) is 11.3 Å². The molecule has 27 heavy (non-hydrogen) atoms. The number of rotatable bonds is 5. The number of halogens is 4. The van der Waals surface area contributed by atoms with Crippen LogP contribution in [-0.2, 0) is 17.4 Å². The van der Waals surface area contributed by atoms with Gasteiger partial charge in [0.15, 0.2) is 11.5 Å². The maximum atomic E-state index is 13.2. The van der Waals surface area contributed by atoms with Gasteiger partial charge in [-0.05, 0) is 29.8 Å². The largest absolute Gasteiger partial charge is 0.481 e. The van der Waals surface area contributed by atoms with Crippen molar-refractivity contribution in [3.8, 4) is 10.7 Å². The Morgan fingerprint density at radius 2 is 1.85 bits per heavy atom. The van der Waals surface area contributed by atoms with E-state index >= 15 is 0 Å². The molecule has 2 N–H and O–H groups in total. The fraction of sp³-hybridized carbons (Fsp3) is 0.118. The maximum Gasteiger partial charge on any atom is 0.433 e. The molecule has 0 aliphatic carbocycles. The van der Waals surface area contributed by atoms with E-state index in [1.165, 1.54) is 0 Å². The first kappa shape index (κ1) is 19.1. The van der Waals surface area contributed by atoms with Crippen molar-refractivity contribution in [1.82, 2.24) is 9.97 Å². The summed E-state index contributed by atoms with van der Waals surface area (Å²) < 4.78 is 40.0. The Morgan fingerprint density at radius 1 is 1.15 bits per heavy atom. The number of carbonyl (C=O) groups is 1. The van der Waals surface area contributed by atoms with E-state index in [9.17, 15) is 18.0 Å². The Kier molecular flexibility index (Phi) is 5.33. The zero-order valence-corrected chi connectivity index (χ0v) is 15.0. The zero-order chi connectivity index (χ0) is 19.6. The summed E-state index contributed by atoms with van der Waals surface area (Å²) in [4.78, 5) is 18.8. The Balaban J connectivity index is 1.93. The lowest BCUT2D eigenvalue weighted by molar-refractivity contribution is -0.141. The van der Waals surface area contributed by atoms with Gasteiger partial charge in [-0.25, -0.2) is 9.97 Å². The van der Waals surface area contributed by atoms with Gasteiger partial charge in [-0.3, -0.25) is 4.79 Å². The number of thiophene rings is 1. The molecular weight excluding hydrogens is 403 g/mol. The van der Waals surface area contributed by atoms with Gasteiger partial charge in [0.25, 0.3) is 0 Å². The number of aromatic nitrogens is 2. The minimum Gasteiger partial charge on any atom is -0.481 e. The summed E-state index contributed by atoms with van der Waals surface area (Å²) in [6, 6.07) is 10.2. The van der Waals surface area contributed by atoms with E-state index in [-0.39, 0.29) is 18.1 Å². The molecule has 3 rings (SSSR count). The first-order valence-electron chi connectivity index (χ1n) is 7.50. The molecule has 0 fully saturated rings. The average molecular weight is 414 g/mol. The van der Waals surface area contributed by atoms with Gasteiger partial charge in [0.1, 0.15) is 5.82 Å². The molecular formula is C17H11ClF3N3O2S. The molecule has 0 amide bonds. The van der Waals surface area contributed by atoms with Gasteiger partial charge in [-0.15, -0.1) is 11.3 Å². The lowest BCUT2D eigenvalue weighted by Gasteiger charge is -2.11. The van der Waals surface area contributed by atoms with Crippen molar-refractivity contribution < 1.29 is 23.1 Å². The Bertz CT molecular complexity index is 974. The number of hydrogen-bond donors (Lipinski definition) is 2. The van der Waals surface area contributed by atoms with Crippen LogP contribution >= 0.6 is 22.9 Å². The van der Waals surface area contributed by atoms with E-state index in [2.05, 4.69) is 15.3 Å². The highest BCUT2D eigenvalue weighted by Gasteiger charge is 2.34. The second kappa shape index (κ2) is 7.53. The SMILES string of the molecule is O=C(O)Cc1ccc(Nc2cc(C(F)(F)F)nc(-c3ccc(Cl)s3)n2)cc1. The minimum atomic E-state index is -4.64. The summed E-state index contributed by atoms with van der Waals surface area (Å²) in [5.74, 6) is -1.10. The third-order valence-corrected chi connectivity index (χ3v) is 4.62. The predicted molar refractivity (Wildman–Crippen MR) is 96.4 cm³/mol. The van der Waals surface area contributed by atoms with Gasteiger partial charge >= 0.3 is 12.1 Å². The zero-order valence-electron chi connectivity index (χ0n) is 13.4. The molecule has 0 bridgehead atoms. The molecule has 0 saturated heterocycles. The summed E-state index contributed by atoms with van der Waals surface area (Å²) in [5, 5.41) is 11.6. The topological polar surface area (TPSA) is 75.1 Å². The van der Waals surface area contributed by atoms with Crippen molar-refractivity contribution >= 4 is 40.4 Å². The van der Waals surface area contributed by atoms with Crippen molar-refractivity contribution in [3.05, 3.63) is 58.1 Å². The van der Waals surface area contributed by atoms with Gasteiger partial charge < -0.3 is 10.4 Å². The predicted octanol–water partition coefficient (Wildman–Crippen LogP) is 5.25. The summed E-state index contributed by atoms with van der Waals surface area (Å²) in [7, 11) is 0. The monoisotopic (exact) mass is 413 g/mol. The average Bonchev–Trinajstić information content (AvgIpc) is 3.02. The van der Waals surface area contributed by atoms with E-state index in [4.69, 9.17) is 16.7 Å². The van der Waals surface area contributed by atoms with Crippen LogP contribution in [0.2, 0.25) is 4.34 Å². The van der Waals surface area contributed by atoms with Crippen molar-refractivity contribution in [2.24, 2.45) is 0 Å². The van der Waals surface area contributed by atoms with Gasteiger partial charge in [0.2, 0.25) is 0 Å². The number of nitrogens with zero attached hydrogens (tertiary/aromatic N) is 2. The van der Waals surface area contributed by atoms with Gasteiger partial charge in [-0.2, -0.15) is 13.2 Å². The Hall–Kier alpha value is -2.65. The smallest absolute Gasteiger partial charge is 0.433 e. The van der Waals surface area contributed by atoms with E-state index in [0.717, 1.165) is 17.4 Å². The fourth-order valence-corrected chi connectivity index (χ4v) is 3.21. The Labute approximate surface area is 160 Å². The van der Waals surface area contributed by atoms with Crippen molar-refractivity contribution in [3.63, 3.8) is 0 Å². The van der Waals surface area contributed by atoms with Crippen LogP contribution in [-0.4, -0.2) is 21.0 Å². The molecule has 1 aromatic carbocycles. The maximum absolute atomic E-state index is 13.2. The summed E-state index contributed by atoms with van der Waals surface area (Å²) >= 11 is 6.92. The van der Waals surface area contributed by atoms with E-state index < -0.39 is 17.8 Å². The summed E-state index contributed by atoms with van der Waals surface area (Å²) in [6.45, 7) is 0. The molecule has 140 valence electrons. The molecule has 0 unspecified atom stereocenters. The van der Waals surface area contributed by atoms with Crippen LogP contribution < -0.4 is 5.32 Å². The van der Waals surface area contributed by atoms with E-state index in [1.807, 2.05) is 0 Å². The minimum absolute atomic E-state index is 0.0390. The first-order valence-corrected chi connectivity index (χ1v) is 8.70. The third-order valence-electron chi connectivity index (χ3n) is 3.39. The van der Waals surface area contributed by atoms with Crippen molar-refractivity contribution in [2.75, 3.05) is 5.32 Å². The molecule has 2 aromatic heterocycles. The number of carboxylic acid groups (broad SMARTS) is 1. The molecule has 2 heterocycles. The van der Waals surface area contributed by atoms with Crippen LogP contribution in [0.3, 0.4) is 0 Å². The van der Waals surface area contributed by atoms with Crippen molar-refractivity contribution in [1.29, 1.82) is 0 Å². The molecule has 0 aliphatic heterocycles. The molecule has 0 aliphatic rings. The number of carboxylic acids is 1. The molecule has 0 spiro atoms. The van der Waals surface area contributed by atoms with Crippen molar-refractivity contribution in [2.45, 2.75) is 12.6 Å². The highest BCUT2D eigenvalue weighted by molar-refractivity contribution is 7.19. The molecule has 0 saturated carbocycles. The quantitative estimate of drug-likeness (QED) is 0.597. The third kappa shape index (κ3) is 4.95. The standard InChI is InChI=1S/C17H11ClF3N3O2S/c18-13-6-5-11(27-13)16-23-12(17(19,20)21)8-14(24-16)22-10-3-1-9(2-4-10)7-15(25)26/h1-6,8H,7H2,(H,25,26)(H,22,23,24). The molecule has 10 heteroatoms. The lowest BCUT2D eigenvalue weighted by atomic mass is 10.1. The number of nitrogens with one attached hydrogen (secondary N) is 1. The summed E-state index contributed by atoms with van der Waals surface area (Å²) in [5.41, 5.74) is -0.0474. The van der Waals surface area contributed by atoms with Crippen LogP contribution in [0.15, 0.2) is 42.5 Å². The van der Waals surface area contributed by atoms with E-state index in [1.54, 1.807) is 36.4 Å². The van der Waals surface area contributed by atoms with Crippen LogP contribution in [0, 0.1) is 0 Å². The Morgan fingerprint density at radius 3 is 2.41 bits per heavy atom. The van der Waals surface area contributed by atoms with Crippen LogP contribution in [0.4, 0.5) is 24.7 Å². The first-order chi connectivity index (χ1) is 12.7. The second-order valence-electron chi connectivity index (χ2n) is 5.46. The van der Waals surface area contributed by atoms with Gasteiger partial charge in [0, 0.05) is 11.8 Å². The number of anilines is 2. The van der Waals surface area contributed by atoms with Crippen LogP contribution in [0.5, 0.6) is 0 Å².